The third kappa shape index (κ3) is 1.93. The molecule has 0 aromatic carbocycles. The van der Waals surface area contributed by atoms with Crippen molar-refractivity contribution in [3.63, 3.8) is 0 Å². The van der Waals surface area contributed by atoms with E-state index in [1.165, 1.54) is 12.3 Å². The average molecular weight is 303 g/mol. The second-order valence-electron chi connectivity index (χ2n) is 6.54. The van der Waals surface area contributed by atoms with E-state index in [4.69, 9.17) is 0 Å². The van der Waals surface area contributed by atoms with Crippen molar-refractivity contribution in [3.8, 4) is 0 Å². The molecule has 0 bridgehead atoms. The lowest BCUT2D eigenvalue weighted by Gasteiger charge is -2.32. The molecule has 116 valence electrons. The average Bonchev–Trinajstić information content (AvgIpc) is 3.08. The highest BCUT2D eigenvalue weighted by Crippen LogP contribution is 2.56. The van der Waals surface area contributed by atoms with E-state index in [9.17, 15) is 14.0 Å². The largest absolute Gasteiger partial charge is 0.351 e. The lowest BCUT2D eigenvalue weighted by Crippen LogP contribution is -2.53. The third-order valence-corrected chi connectivity index (χ3v) is 5.31. The van der Waals surface area contributed by atoms with Gasteiger partial charge in [0.05, 0.1) is 0 Å². The number of amides is 2. The van der Waals surface area contributed by atoms with Gasteiger partial charge in [0.25, 0.3) is 5.91 Å². The summed E-state index contributed by atoms with van der Waals surface area (Å²) in [6.07, 6.45) is 6.05. The quantitative estimate of drug-likeness (QED) is 0.861. The Kier molecular flexibility index (Phi) is 2.96. The molecule has 5 nitrogen and oxygen atoms in total. The van der Waals surface area contributed by atoms with Gasteiger partial charge in [-0.1, -0.05) is 0 Å². The Morgan fingerprint density at radius 2 is 2.18 bits per heavy atom. The normalized spacial score (nSPS) is 29.7. The van der Waals surface area contributed by atoms with Crippen LogP contribution < -0.4 is 5.32 Å². The third-order valence-electron chi connectivity index (χ3n) is 5.31. The number of hydrogen-bond donors (Lipinski definition) is 1. The maximum absolute atomic E-state index is 13.2. The summed E-state index contributed by atoms with van der Waals surface area (Å²) in [6, 6.07) is 2.90. The molecule has 6 heteroatoms. The first kappa shape index (κ1) is 13.7. The van der Waals surface area contributed by atoms with Crippen LogP contribution in [0.2, 0.25) is 0 Å². The molecule has 22 heavy (non-hydrogen) atoms. The molecule has 0 spiro atoms. The maximum Gasteiger partial charge on any atom is 0.254 e. The molecule has 1 saturated heterocycles. The van der Waals surface area contributed by atoms with Crippen molar-refractivity contribution in [2.24, 2.45) is 5.92 Å². The van der Waals surface area contributed by atoms with Crippen LogP contribution in [0.3, 0.4) is 0 Å². The van der Waals surface area contributed by atoms with Gasteiger partial charge >= 0.3 is 0 Å². The predicted octanol–water partition coefficient (Wildman–Crippen LogP) is 1.49. The van der Waals surface area contributed by atoms with Crippen LogP contribution in [0, 0.1) is 11.9 Å². The van der Waals surface area contributed by atoms with Crippen molar-refractivity contribution < 1.29 is 14.0 Å². The van der Waals surface area contributed by atoms with Crippen molar-refractivity contribution in [2.75, 3.05) is 6.54 Å². The lowest BCUT2D eigenvalue weighted by molar-refractivity contribution is -0.128. The highest BCUT2D eigenvalue weighted by molar-refractivity contribution is 6.01. The number of fused-ring (bicyclic) bond motifs is 1. The first-order valence-electron chi connectivity index (χ1n) is 7.86. The van der Waals surface area contributed by atoms with Gasteiger partial charge in [-0.25, -0.2) is 4.98 Å². The van der Waals surface area contributed by atoms with Gasteiger partial charge in [0, 0.05) is 30.4 Å². The zero-order valence-electron chi connectivity index (χ0n) is 12.2. The molecule has 2 atom stereocenters. The molecule has 1 N–H and O–H groups in total. The molecule has 3 fully saturated rings. The number of carbonyl (C=O) groups excluding carboxylic acids is 2. The van der Waals surface area contributed by atoms with Gasteiger partial charge in [0.1, 0.15) is 5.54 Å². The SMILES string of the molecule is O=C(c1ccnc(F)c1)N1CCC2CC21C(=O)NC1CCC1. The predicted molar refractivity (Wildman–Crippen MR) is 76.5 cm³/mol. The van der Waals surface area contributed by atoms with Crippen LogP contribution in [-0.2, 0) is 4.79 Å². The number of aromatic nitrogens is 1. The Balaban J connectivity index is 1.56. The summed E-state index contributed by atoms with van der Waals surface area (Å²) < 4.78 is 13.2. The van der Waals surface area contributed by atoms with E-state index in [0.29, 0.717) is 6.54 Å². The molecule has 2 amide bonds. The minimum Gasteiger partial charge on any atom is -0.351 e. The number of likely N-dealkylation sites (tertiary alicyclic amines) is 1. The van der Waals surface area contributed by atoms with E-state index in [2.05, 4.69) is 10.3 Å². The fourth-order valence-corrected chi connectivity index (χ4v) is 3.71. The van der Waals surface area contributed by atoms with Crippen LogP contribution in [0.5, 0.6) is 0 Å². The van der Waals surface area contributed by atoms with Gasteiger partial charge in [0.2, 0.25) is 11.9 Å². The first-order chi connectivity index (χ1) is 10.6. The van der Waals surface area contributed by atoms with Gasteiger partial charge in [0.15, 0.2) is 0 Å². The van der Waals surface area contributed by atoms with E-state index in [1.54, 1.807) is 4.90 Å². The molecular formula is C16H18FN3O2. The summed E-state index contributed by atoms with van der Waals surface area (Å²) in [5.74, 6) is -0.721. The molecule has 0 radical (unpaired) electrons. The standard InChI is InChI=1S/C16H18FN3O2/c17-13-8-10(4-6-18-13)14(21)20-7-5-11-9-16(11,20)15(22)19-12-2-1-3-12/h4,6,8,11-12H,1-3,5,7,9H2,(H,19,22). The Bertz CT molecular complexity index is 646. The van der Waals surface area contributed by atoms with Crippen LogP contribution in [0.15, 0.2) is 18.3 Å². The van der Waals surface area contributed by atoms with Crippen molar-refractivity contribution in [1.82, 2.24) is 15.2 Å². The molecule has 1 aliphatic heterocycles. The number of nitrogens with one attached hydrogen (secondary N) is 1. The second kappa shape index (κ2) is 4.76. The fraction of sp³-hybridized carbons (Fsp3) is 0.562. The van der Waals surface area contributed by atoms with E-state index in [0.717, 1.165) is 38.2 Å². The minimum atomic E-state index is -0.688. The number of rotatable bonds is 3. The molecule has 2 saturated carbocycles. The lowest BCUT2D eigenvalue weighted by atomic mass is 9.92. The topological polar surface area (TPSA) is 62.3 Å². The van der Waals surface area contributed by atoms with E-state index < -0.39 is 11.5 Å². The Labute approximate surface area is 127 Å². The van der Waals surface area contributed by atoms with Crippen molar-refractivity contribution >= 4 is 11.8 Å². The van der Waals surface area contributed by atoms with Gasteiger partial charge in [-0.15, -0.1) is 0 Å². The molecule has 4 rings (SSSR count). The molecule has 1 aromatic heterocycles. The van der Waals surface area contributed by atoms with E-state index in [-0.39, 0.29) is 29.3 Å². The monoisotopic (exact) mass is 303 g/mol. The fourth-order valence-electron chi connectivity index (χ4n) is 3.71. The summed E-state index contributed by atoms with van der Waals surface area (Å²) in [5.41, 5.74) is -0.428. The number of piperidine rings is 1. The molecule has 3 aliphatic rings. The smallest absolute Gasteiger partial charge is 0.254 e. The molecule has 2 heterocycles. The Morgan fingerprint density at radius 3 is 2.82 bits per heavy atom. The summed E-state index contributed by atoms with van der Waals surface area (Å²) in [7, 11) is 0. The van der Waals surface area contributed by atoms with Crippen LogP contribution in [-0.4, -0.2) is 39.8 Å². The molecular weight excluding hydrogens is 285 g/mol. The van der Waals surface area contributed by atoms with Crippen LogP contribution in [0.1, 0.15) is 42.5 Å². The number of halogens is 1. The van der Waals surface area contributed by atoms with Crippen LogP contribution in [0.4, 0.5) is 4.39 Å². The molecule has 1 aromatic rings. The number of nitrogens with zero attached hydrogens (tertiary/aromatic N) is 2. The zero-order valence-corrected chi connectivity index (χ0v) is 12.2. The van der Waals surface area contributed by atoms with Crippen molar-refractivity contribution in [3.05, 3.63) is 29.8 Å². The van der Waals surface area contributed by atoms with Gasteiger partial charge in [-0.05, 0) is 44.1 Å². The van der Waals surface area contributed by atoms with Crippen molar-refractivity contribution in [1.29, 1.82) is 0 Å². The van der Waals surface area contributed by atoms with E-state index >= 15 is 0 Å². The van der Waals surface area contributed by atoms with Crippen LogP contribution >= 0.6 is 0 Å². The summed E-state index contributed by atoms with van der Waals surface area (Å²) in [6.45, 7) is 0.561. The Morgan fingerprint density at radius 1 is 1.36 bits per heavy atom. The van der Waals surface area contributed by atoms with Crippen molar-refractivity contribution in [2.45, 2.75) is 43.7 Å². The van der Waals surface area contributed by atoms with E-state index in [1.807, 2.05) is 0 Å². The molecule has 2 aliphatic carbocycles. The maximum atomic E-state index is 13.2. The first-order valence-corrected chi connectivity index (χ1v) is 7.86. The van der Waals surface area contributed by atoms with Gasteiger partial charge in [-0.2, -0.15) is 4.39 Å². The highest BCUT2D eigenvalue weighted by Gasteiger charge is 2.68. The molecule has 2 unspecified atom stereocenters. The number of pyridine rings is 1. The minimum absolute atomic E-state index is 0.0254. The second-order valence-corrected chi connectivity index (χ2v) is 6.54. The summed E-state index contributed by atoms with van der Waals surface area (Å²) in [4.78, 5) is 30.4. The number of hydrogen-bond acceptors (Lipinski definition) is 3. The summed E-state index contributed by atoms with van der Waals surface area (Å²) in [5, 5.41) is 3.07. The zero-order chi connectivity index (χ0) is 15.3. The Hall–Kier alpha value is -1.98. The van der Waals surface area contributed by atoms with Crippen LogP contribution in [0.25, 0.3) is 0 Å². The number of carbonyl (C=O) groups is 2. The van der Waals surface area contributed by atoms with Gasteiger partial charge in [-0.3, -0.25) is 9.59 Å². The summed E-state index contributed by atoms with van der Waals surface area (Å²) >= 11 is 0. The highest BCUT2D eigenvalue weighted by atomic mass is 19.1. The van der Waals surface area contributed by atoms with Gasteiger partial charge < -0.3 is 10.2 Å².